The standard InChI is InChI=1S/C18H31N3O3/c1-5-20(6-2)11-12-24-17-10-9-16(19-18(22)23)13-15(17)14-21(7-3)8-4/h9-10,13,19H,5-8,11-12,14H2,1-4H3,(H,22,23). The number of nitrogens with one attached hydrogen (secondary N) is 1. The number of nitrogens with zero attached hydrogens (tertiary/aromatic N) is 2. The number of anilines is 1. The van der Waals surface area contributed by atoms with Crippen LogP contribution >= 0.6 is 0 Å². The topological polar surface area (TPSA) is 65.0 Å². The minimum Gasteiger partial charge on any atom is -0.492 e. The Morgan fingerprint density at radius 1 is 1.08 bits per heavy atom. The molecular formula is C18H31N3O3. The lowest BCUT2D eigenvalue weighted by Crippen LogP contribution is -2.28. The fraction of sp³-hybridized carbons (Fsp3) is 0.611. The molecule has 1 aromatic rings. The molecular weight excluding hydrogens is 306 g/mol. The van der Waals surface area contributed by atoms with Crippen LogP contribution in [-0.2, 0) is 6.54 Å². The Bertz CT molecular complexity index is 500. The van der Waals surface area contributed by atoms with Crippen LogP contribution in [-0.4, -0.2) is 60.3 Å². The van der Waals surface area contributed by atoms with E-state index in [1.54, 1.807) is 6.07 Å². The highest BCUT2D eigenvalue weighted by molar-refractivity contribution is 5.83. The maximum atomic E-state index is 10.9. The lowest BCUT2D eigenvalue weighted by Gasteiger charge is -2.22. The van der Waals surface area contributed by atoms with Crippen molar-refractivity contribution in [1.29, 1.82) is 0 Å². The summed E-state index contributed by atoms with van der Waals surface area (Å²) in [6.45, 7) is 14.6. The number of amides is 1. The molecule has 1 amide bonds. The van der Waals surface area contributed by atoms with E-state index in [4.69, 9.17) is 9.84 Å². The summed E-state index contributed by atoms with van der Waals surface area (Å²) < 4.78 is 5.98. The average Bonchev–Trinajstić information content (AvgIpc) is 2.57. The van der Waals surface area contributed by atoms with Crippen LogP contribution < -0.4 is 10.1 Å². The zero-order valence-electron chi connectivity index (χ0n) is 15.3. The van der Waals surface area contributed by atoms with Gasteiger partial charge in [-0.2, -0.15) is 0 Å². The van der Waals surface area contributed by atoms with Gasteiger partial charge in [0.15, 0.2) is 0 Å². The minimum absolute atomic E-state index is 0.570. The molecule has 136 valence electrons. The van der Waals surface area contributed by atoms with Crippen molar-refractivity contribution in [2.24, 2.45) is 0 Å². The lowest BCUT2D eigenvalue weighted by atomic mass is 10.1. The van der Waals surface area contributed by atoms with Crippen LogP contribution in [0.1, 0.15) is 33.3 Å². The summed E-state index contributed by atoms with van der Waals surface area (Å²) in [5, 5.41) is 11.3. The zero-order chi connectivity index (χ0) is 17.9. The first kappa shape index (κ1) is 20.3. The molecule has 0 spiro atoms. The summed E-state index contributed by atoms with van der Waals surface area (Å²) in [5.41, 5.74) is 1.57. The fourth-order valence-corrected chi connectivity index (χ4v) is 2.56. The molecule has 6 heteroatoms. The molecule has 24 heavy (non-hydrogen) atoms. The van der Waals surface area contributed by atoms with E-state index in [9.17, 15) is 4.79 Å². The van der Waals surface area contributed by atoms with Crippen molar-refractivity contribution in [2.75, 3.05) is 44.6 Å². The van der Waals surface area contributed by atoms with Gasteiger partial charge >= 0.3 is 6.09 Å². The van der Waals surface area contributed by atoms with Crippen LogP contribution in [0.3, 0.4) is 0 Å². The second-order valence-corrected chi connectivity index (χ2v) is 5.59. The SMILES string of the molecule is CCN(CC)CCOc1ccc(NC(=O)O)cc1CN(CC)CC. The van der Waals surface area contributed by atoms with Crippen LogP contribution in [0.4, 0.5) is 10.5 Å². The molecule has 0 unspecified atom stereocenters. The van der Waals surface area contributed by atoms with E-state index in [2.05, 4.69) is 42.8 Å². The molecule has 0 aliphatic heterocycles. The van der Waals surface area contributed by atoms with Crippen molar-refractivity contribution < 1.29 is 14.6 Å². The van der Waals surface area contributed by atoms with Gasteiger partial charge in [-0.25, -0.2) is 4.79 Å². The Balaban J connectivity index is 2.85. The summed E-state index contributed by atoms with van der Waals surface area (Å²) in [6, 6.07) is 5.46. The number of hydrogen-bond donors (Lipinski definition) is 2. The zero-order valence-corrected chi connectivity index (χ0v) is 15.3. The first-order valence-corrected chi connectivity index (χ1v) is 8.74. The van der Waals surface area contributed by atoms with Crippen molar-refractivity contribution in [2.45, 2.75) is 34.2 Å². The second-order valence-electron chi connectivity index (χ2n) is 5.59. The van der Waals surface area contributed by atoms with Gasteiger partial charge in [0.25, 0.3) is 0 Å². The van der Waals surface area contributed by atoms with Crippen LogP contribution in [0.2, 0.25) is 0 Å². The Morgan fingerprint density at radius 2 is 1.71 bits per heavy atom. The molecule has 0 saturated carbocycles. The molecule has 2 N–H and O–H groups in total. The van der Waals surface area contributed by atoms with Crippen molar-refractivity contribution in [3.8, 4) is 5.75 Å². The maximum Gasteiger partial charge on any atom is 0.409 e. The third-order valence-corrected chi connectivity index (χ3v) is 4.16. The van der Waals surface area contributed by atoms with Gasteiger partial charge in [0.05, 0.1) is 0 Å². The van der Waals surface area contributed by atoms with Crippen molar-refractivity contribution in [3.63, 3.8) is 0 Å². The molecule has 0 saturated heterocycles. The fourth-order valence-electron chi connectivity index (χ4n) is 2.56. The van der Waals surface area contributed by atoms with Gasteiger partial charge in [0.1, 0.15) is 12.4 Å². The van der Waals surface area contributed by atoms with Gasteiger partial charge < -0.3 is 14.7 Å². The second kappa shape index (κ2) is 10.9. The quantitative estimate of drug-likeness (QED) is 0.648. The number of ether oxygens (including phenoxy) is 1. The van der Waals surface area contributed by atoms with Crippen LogP contribution in [0.25, 0.3) is 0 Å². The first-order valence-electron chi connectivity index (χ1n) is 8.74. The number of likely N-dealkylation sites (N-methyl/N-ethyl adjacent to an activating group) is 1. The predicted octanol–water partition coefficient (Wildman–Crippen LogP) is 3.34. The lowest BCUT2D eigenvalue weighted by molar-refractivity contribution is 0.209. The molecule has 0 heterocycles. The van der Waals surface area contributed by atoms with Gasteiger partial charge in [-0.15, -0.1) is 0 Å². The highest BCUT2D eigenvalue weighted by Gasteiger charge is 2.11. The minimum atomic E-state index is -1.06. The Labute approximate surface area is 145 Å². The Morgan fingerprint density at radius 3 is 2.25 bits per heavy atom. The smallest absolute Gasteiger partial charge is 0.409 e. The van der Waals surface area contributed by atoms with Gasteiger partial charge in [-0.1, -0.05) is 27.7 Å². The summed E-state index contributed by atoms with van der Waals surface area (Å²) in [4.78, 5) is 15.4. The molecule has 6 nitrogen and oxygen atoms in total. The van der Waals surface area contributed by atoms with Crippen LogP contribution in [0, 0.1) is 0 Å². The maximum absolute atomic E-state index is 10.9. The van der Waals surface area contributed by atoms with Gasteiger partial charge in [-0.3, -0.25) is 10.2 Å². The van der Waals surface area contributed by atoms with E-state index in [1.807, 2.05) is 12.1 Å². The molecule has 0 atom stereocenters. The monoisotopic (exact) mass is 337 g/mol. The number of rotatable bonds is 11. The Hall–Kier alpha value is -1.79. The van der Waals surface area contributed by atoms with Gasteiger partial charge in [-0.05, 0) is 44.4 Å². The molecule has 1 aromatic carbocycles. The summed E-state index contributed by atoms with van der Waals surface area (Å²) in [6.07, 6.45) is -1.06. The number of hydrogen-bond acceptors (Lipinski definition) is 4. The van der Waals surface area contributed by atoms with Crippen molar-refractivity contribution in [1.82, 2.24) is 9.80 Å². The largest absolute Gasteiger partial charge is 0.492 e. The van der Waals surface area contributed by atoms with Gasteiger partial charge in [0, 0.05) is 24.3 Å². The summed E-state index contributed by atoms with van der Waals surface area (Å²) in [7, 11) is 0. The summed E-state index contributed by atoms with van der Waals surface area (Å²) in [5.74, 6) is 0.824. The van der Waals surface area contributed by atoms with Gasteiger partial charge in [0.2, 0.25) is 0 Å². The molecule has 0 fully saturated rings. The van der Waals surface area contributed by atoms with E-state index >= 15 is 0 Å². The molecule has 0 radical (unpaired) electrons. The van der Waals surface area contributed by atoms with E-state index in [0.29, 0.717) is 12.3 Å². The van der Waals surface area contributed by atoms with Crippen molar-refractivity contribution in [3.05, 3.63) is 23.8 Å². The highest BCUT2D eigenvalue weighted by atomic mass is 16.5. The number of carbonyl (C=O) groups is 1. The Kier molecular flexibility index (Phi) is 9.19. The van der Waals surface area contributed by atoms with Crippen LogP contribution in [0.5, 0.6) is 5.75 Å². The first-order chi connectivity index (χ1) is 11.5. The highest BCUT2D eigenvalue weighted by Crippen LogP contribution is 2.24. The molecule has 0 aliphatic carbocycles. The van der Waals surface area contributed by atoms with Crippen molar-refractivity contribution >= 4 is 11.8 Å². The summed E-state index contributed by atoms with van der Waals surface area (Å²) >= 11 is 0. The van der Waals surface area contributed by atoms with E-state index in [1.165, 1.54) is 0 Å². The van der Waals surface area contributed by atoms with E-state index in [0.717, 1.165) is 50.6 Å². The normalized spacial score (nSPS) is 11.1. The van der Waals surface area contributed by atoms with E-state index < -0.39 is 6.09 Å². The van der Waals surface area contributed by atoms with Crippen LogP contribution in [0.15, 0.2) is 18.2 Å². The molecule has 1 rings (SSSR count). The molecule has 0 bridgehead atoms. The number of carboxylic acid groups (broad SMARTS) is 1. The van der Waals surface area contributed by atoms with E-state index in [-0.39, 0.29) is 0 Å². The third-order valence-electron chi connectivity index (χ3n) is 4.16. The average molecular weight is 337 g/mol. The predicted molar refractivity (Wildman–Crippen MR) is 98.0 cm³/mol. The number of benzene rings is 1. The molecule has 0 aliphatic rings. The third kappa shape index (κ3) is 6.76. The molecule has 0 aromatic heterocycles.